The molecule has 0 fully saturated rings. The zero-order chi connectivity index (χ0) is 13.2. The number of hydrogen-bond acceptors (Lipinski definition) is 2. The highest BCUT2D eigenvalue weighted by Crippen LogP contribution is 2.31. The minimum absolute atomic E-state index is 0.119. The summed E-state index contributed by atoms with van der Waals surface area (Å²) in [6.07, 6.45) is -0.189. The minimum Gasteiger partial charge on any atom is -0.487 e. The van der Waals surface area contributed by atoms with Crippen molar-refractivity contribution in [3.8, 4) is 5.75 Å². The lowest BCUT2D eigenvalue weighted by Crippen LogP contribution is -2.45. The third kappa shape index (κ3) is 3.86. The van der Waals surface area contributed by atoms with Gasteiger partial charge >= 0.3 is 0 Å². The second-order valence-electron chi connectivity index (χ2n) is 5.34. The first-order valence-electron chi connectivity index (χ1n) is 5.59. The van der Waals surface area contributed by atoms with Crippen LogP contribution >= 0.6 is 11.6 Å². The van der Waals surface area contributed by atoms with Gasteiger partial charge in [0.15, 0.2) is 0 Å². The van der Waals surface area contributed by atoms with E-state index in [9.17, 15) is 4.39 Å². The van der Waals surface area contributed by atoms with Crippen LogP contribution in [0.15, 0.2) is 18.2 Å². The molecule has 2 unspecified atom stereocenters. The summed E-state index contributed by atoms with van der Waals surface area (Å²) in [5.74, 6) is 0.0840. The Hall–Kier alpha value is -0.800. The van der Waals surface area contributed by atoms with Gasteiger partial charge in [-0.05, 0) is 25.1 Å². The molecule has 96 valence electrons. The Labute approximate surface area is 107 Å². The molecule has 0 spiro atoms. The third-order valence-corrected chi connectivity index (χ3v) is 2.77. The molecule has 0 aliphatic carbocycles. The summed E-state index contributed by atoms with van der Waals surface area (Å²) in [5, 5.41) is 0.264. The summed E-state index contributed by atoms with van der Waals surface area (Å²) in [5.41, 5.74) is 5.79. The molecule has 0 radical (unpaired) electrons. The Morgan fingerprint density at radius 1 is 1.35 bits per heavy atom. The molecule has 0 aliphatic heterocycles. The quantitative estimate of drug-likeness (QED) is 0.900. The number of hydrogen-bond donors (Lipinski definition) is 1. The number of ether oxygens (including phenoxy) is 1. The van der Waals surface area contributed by atoms with Gasteiger partial charge in [-0.2, -0.15) is 0 Å². The van der Waals surface area contributed by atoms with E-state index in [1.807, 2.05) is 27.7 Å². The monoisotopic (exact) mass is 259 g/mol. The van der Waals surface area contributed by atoms with E-state index < -0.39 is 0 Å². The van der Waals surface area contributed by atoms with Crippen LogP contribution in [0.25, 0.3) is 0 Å². The van der Waals surface area contributed by atoms with Crippen LogP contribution in [-0.4, -0.2) is 12.1 Å². The van der Waals surface area contributed by atoms with Gasteiger partial charge in [0.25, 0.3) is 0 Å². The van der Waals surface area contributed by atoms with E-state index >= 15 is 0 Å². The van der Waals surface area contributed by atoms with E-state index in [2.05, 4.69) is 0 Å². The molecule has 2 nitrogen and oxygen atoms in total. The summed E-state index contributed by atoms with van der Waals surface area (Å²) >= 11 is 5.92. The van der Waals surface area contributed by atoms with Gasteiger partial charge in [-0.15, -0.1) is 0 Å². The molecular weight excluding hydrogens is 241 g/mol. The van der Waals surface area contributed by atoms with Gasteiger partial charge < -0.3 is 10.5 Å². The number of nitrogens with two attached hydrogens (primary N) is 1. The number of rotatable bonds is 3. The lowest BCUT2D eigenvalue weighted by molar-refractivity contribution is 0.0684. The van der Waals surface area contributed by atoms with Crippen molar-refractivity contribution in [2.45, 2.75) is 39.8 Å². The molecule has 0 amide bonds. The van der Waals surface area contributed by atoms with Gasteiger partial charge in [0.1, 0.15) is 17.7 Å². The summed E-state index contributed by atoms with van der Waals surface area (Å²) < 4.78 is 18.7. The third-order valence-electron chi connectivity index (χ3n) is 2.48. The summed E-state index contributed by atoms with van der Waals surface area (Å²) in [7, 11) is 0. The summed E-state index contributed by atoms with van der Waals surface area (Å²) in [4.78, 5) is 0. The van der Waals surface area contributed by atoms with Crippen LogP contribution < -0.4 is 10.5 Å². The van der Waals surface area contributed by atoms with E-state index in [1.54, 1.807) is 0 Å². The van der Waals surface area contributed by atoms with Crippen LogP contribution in [0.4, 0.5) is 4.39 Å². The van der Waals surface area contributed by atoms with Gasteiger partial charge in [0, 0.05) is 11.5 Å². The van der Waals surface area contributed by atoms with Crippen molar-refractivity contribution >= 4 is 11.6 Å². The normalized spacial score (nSPS) is 15.5. The summed E-state index contributed by atoms with van der Waals surface area (Å²) in [6.45, 7) is 8.00. The van der Waals surface area contributed by atoms with Gasteiger partial charge in [0.05, 0.1) is 5.02 Å². The van der Waals surface area contributed by atoms with Crippen LogP contribution in [0.2, 0.25) is 5.02 Å². The lowest BCUT2D eigenvalue weighted by Gasteiger charge is -2.34. The van der Waals surface area contributed by atoms with E-state index in [0.717, 1.165) is 0 Å². The smallest absolute Gasteiger partial charge is 0.138 e. The second-order valence-corrected chi connectivity index (χ2v) is 5.75. The summed E-state index contributed by atoms with van der Waals surface area (Å²) in [6, 6.07) is 3.94. The van der Waals surface area contributed by atoms with Crippen molar-refractivity contribution in [3.63, 3.8) is 0 Å². The number of benzene rings is 1. The Kier molecular flexibility index (Phi) is 4.39. The maximum absolute atomic E-state index is 12.9. The lowest BCUT2D eigenvalue weighted by atomic mass is 9.85. The SMILES string of the molecule is CC(N)C(Oc1ccc(F)cc1Cl)C(C)(C)C. The zero-order valence-electron chi connectivity index (χ0n) is 10.6. The van der Waals surface area contributed by atoms with Crippen LogP contribution in [-0.2, 0) is 0 Å². The highest BCUT2D eigenvalue weighted by atomic mass is 35.5. The minimum atomic E-state index is -0.379. The van der Waals surface area contributed by atoms with Crippen molar-refractivity contribution in [1.82, 2.24) is 0 Å². The molecule has 0 bridgehead atoms. The highest BCUT2D eigenvalue weighted by Gasteiger charge is 2.30. The number of halogens is 2. The van der Waals surface area contributed by atoms with Crippen LogP contribution in [0.5, 0.6) is 5.75 Å². The van der Waals surface area contributed by atoms with E-state index in [-0.39, 0.29) is 28.4 Å². The molecule has 1 aromatic carbocycles. The molecule has 1 rings (SSSR count). The van der Waals surface area contributed by atoms with Crippen LogP contribution in [0, 0.1) is 11.2 Å². The molecule has 4 heteroatoms. The Morgan fingerprint density at radius 2 is 1.94 bits per heavy atom. The van der Waals surface area contributed by atoms with Gasteiger partial charge in [-0.3, -0.25) is 0 Å². The average molecular weight is 260 g/mol. The molecule has 0 saturated carbocycles. The molecule has 0 aromatic heterocycles. The van der Waals surface area contributed by atoms with Crippen molar-refractivity contribution in [2.24, 2.45) is 11.1 Å². The predicted octanol–water partition coefficient (Wildman–Crippen LogP) is 3.62. The zero-order valence-corrected chi connectivity index (χ0v) is 11.4. The molecule has 2 atom stereocenters. The van der Waals surface area contributed by atoms with E-state index in [0.29, 0.717) is 5.75 Å². The first kappa shape index (κ1) is 14.3. The van der Waals surface area contributed by atoms with E-state index in [1.165, 1.54) is 18.2 Å². The van der Waals surface area contributed by atoms with Crippen molar-refractivity contribution in [3.05, 3.63) is 29.0 Å². The fourth-order valence-corrected chi connectivity index (χ4v) is 1.99. The first-order chi connectivity index (χ1) is 7.71. The van der Waals surface area contributed by atoms with Crippen molar-refractivity contribution < 1.29 is 9.13 Å². The predicted molar refractivity (Wildman–Crippen MR) is 68.9 cm³/mol. The molecule has 2 N–H and O–H groups in total. The Morgan fingerprint density at radius 3 is 2.35 bits per heavy atom. The standard InChI is InChI=1S/C13H19ClFNO/c1-8(16)12(13(2,3)4)17-11-6-5-9(15)7-10(11)14/h5-8,12H,16H2,1-4H3. The van der Waals surface area contributed by atoms with Crippen molar-refractivity contribution in [2.75, 3.05) is 0 Å². The van der Waals surface area contributed by atoms with Gasteiger partial charge in [-0.1, -0.05) is 32.4 Å². The van der Waals surface area contributed by atoms with Crippen molar-refractivity contribution in [1.29, 1.82) is 0 Å². The molecule has 0 saturated heterocycles. The molecule has 0 aliphatic rings. The highest BCUT2D eigenvalue weighted by molar-refractivity contribution is 6.32. The second kappa shape index (κ2) is 5.23. The van der Waals surface area contributed by atoms with E-state index in [4.69, 9.17) is 22.1 Å². The maximum Gasteiger partial charge on any atom is 0.138 e. The molecule has 17 heavy (non-hydrogen) atoms. The van der Waals surface area contributed by atoms with Crippen LogP contribution in [0.3, 0.4) is 0 Å². The fourth-order valence-electron chi connectivity index (χ4n) is 1.78. The van der Waals surface area contributed by atoms with Gasteiger partial charge in [-0.25, -0.2) is 4.39 Å². The topological polar surface area (TPSA) is 35.2 Å². The molecule has 1 aromatic rings. The maximum atomic E-state index is 12.9. The molecular formula is C13H19ClFNO. The first-order valence-corrected chi connectivity index (χ1v) is 5.97. The Balaban J connectivity index is 2.94. The Bertz CT molecular complexity index is 387. The molecule has 0 heterocycles. The fraction of sp³-hybridized carbons (Fsp3) is 0.538. The van der Waals surface area contributed by atoms with Crippen LogP contribution in [0.1, 0.15) is 27.7 Å². The van der Waals surface area contributed by atoms with Gasteiger partial charge in [0.2, 0.25) is 0 Å². The largest absolute Gasteiger partial charge is 0.487 e. The average Bonchev–Trinajstić information content (AvgIpc) is 2.13.